The van der Waals surface area contributed by atoms with Crippen LogP contribution in [0.1, 0.15) is 62.3 Å². The first-order valence-electron chi connectivity index (χ1n) is 10.1. The van der Waals surface area contributed by atoms with Gasteiger partial charge in [0.15, 0.2) is 0 Å². The highest BCUT2D eigenvalue weighted by atomic mass is 14.9. The topological polar surface area (TPSA) is 39.9 Å². The smallest absolute Gasteiger partial charge is 0.0500 e. The standard InChI is InChI=1S/C24H33N3/c1-6-7-20(14-17(4)25-5)24-23(16(2)3)21-15-19(8-9-22(21)27-24)18-10-12-26-13-11-18/h6-9,14-16,18,25-27H,1,10-13H2,2-5H3/b17-14+,20-7+. The molecule has 1 aromatic heterocycles. The van der Waals surface area contributed by atoms with E-state index in [1.807, 2.05) is 13.1 Å². The van der Waals surface area contributed by atoms with Crippen LogP contribution in [0, 0.1) is 0 Å². The molecule has 1 aliphatic rings. The number of hydrogen-bond donors (Lipinski definition) is 3. The van der Waals surface area contributed by atoms with Crippen LogP contribution in [0.2, 0.25) is 0 Å². The molecule has 3 rings (SSSR count). The van der Waals surface area contributed by atoms with Gasteiger partial charge >= 0.3 is 0 Å². The molecule has 1 aliphatic heterocycles. The van der Waals surface area contributed by atoms with E-state index in [1.165, 1.54) is 46.1 Å². The van der Waals surface area contributed by atoms with E-state index < -0.39 is 0 Å². The van der Waals surface area contributed by atoms with Crippen LogP contribution in [0.4, 0.5) is 0 Å². The van der Waals surface area contributed by atoms with Gasteiger partial charge in [-0.05, 0) is 79.6 Å². The summed E-state index contributed by atoms with van der Waals surface area (Å²) in [7, 11) is 1.96. The summed E-state index contributed by atoms with van der Waals surface area (Å²) in [4.78, 5) is 3.69. The van der Waals surface area contributed by atoms with Crippen LogP contribution in [0.5, 0.6) is 0 Å². The third-order valence-corrected chi connectivity index (χ3v) is 5.60. The van der Waals surface area contributed by atoms with Crippen LogP contribution < -0.4 is 10.6 Å². The Hall–Kier alpha value is -2.26. The fourth-order valence-corrected chi connectivity index (χ4v) is 4.10. The third-order valence-electron chi connectivity index (χ3n) is 5.60. The van der Waals surface area contributed by atoms with E-state index in [-0.39, 0.29) is 0 Å². The highest BCUT2D eigenvalue weighted by Gasteiger charge is 2.20. The summed E-state index contributed by atoms with van der Waals surface area (Å²) >= 11 is 0. The van der Waals surface area contributed by atoms with E-state index in [9.17, 15) is 0 Å². The second-order valence-corrected chi connectivity index (χ2v) is 7.83. The summed E-state index contributed by atoms with van der Waals surface area (Å²) in [6, 6.07) is 7.01. The van der Waals surface area contributed by atoms with Gasteiger partial charge in [0.25, 0.3) is 0 Å². The molecule has 0 radical (unpaired) electrons. The van der Waals surface area contributed by atoms with Crippen LogP contribution >= 0.6 is 0 Å². The predicted octanol–water partition coefficient (Wildman–Crippen LogP) is 5.45. The molecule has 3 nitrogen and oxygen atoms in total. The number of hydrogen-bond acceptors (Lipinski definition) is 2. The van der Waals surface area contributed by atoms with Crippen molar-refractivity contribution in [2.24, 2.45) is 0 Å². The van der Waals surface area contributed by atoms with Crippen LogP contribution in [0.25, 0.3) is 16.5 Å². The number of rotatable bonds is 6. The first-order valence-corrected chi connectivity index (χ1v) is 10.1. The second-order valence-electron chi connectivity index (χ2n) is 7.83. The van der Waals surface area contributed by atoms with Crippen molar-refractivity contribution in [2.45, 2.75) is 45.4 Å². The zero-order chi connectivity index (χ0) is 19.4. The van der Waals surface area contributed by atoms with Gasteiger partial charge in [-0.15, -0.1) is 0 Å². The molecule has 0 atom stereocenters. The normalized spacial score (nSPS) is 16.9. The molecule has 144 valence electrons. The maximum absolute atomic E-state index is 3.92. The van der Waals surface area contributed by atoms with Crippen molar-refractivity contribution < 1.29 is 0 Å². The van der Waals surface area contributed by atoms with Gasteiger partial charge in [0.1, 0.15) is 0 Å². The minimum Gasteiger partial charge on any atom is -0.392 e. The summed E-state index contributed by atoms with van der Waals surface area (Å²) in [6.07, 6.45) is 8.60. The Morgan fingerprint density at radius 1 is 1.26 bits per heavy atom. The fraction of sp³-hybridized carbons (Fsp3) is 0.417. The van der Waals surface area contributed by atoms with E-state index >= 15 is 0 Å². The summed E-state index contributed by atoms with van der Waals surface area (Å²) in [6.45, 7) is 12.8. The molecule has 2 heterocycles. The van der Waals surface area contributed by atoms with Gasteiger partial charge in [-0.2, -0.15) is 0 Å². The number of H-pyrrole nitrogens is 1. The fourth-order valence-electron chi connectivity index (χ4n) is 4.10. The molecule has 3 heteroatoms. The summed E-state index contributed by atoms with van der Waals surface area (Å²) in [5.41, 5.74) is 7.60. The summed E-state index contributed by atoms with van der Waals surface area (Å²) < 4.78 is 0. The number of fused-ring (bicyclic) bond motifs is 1. The lowest BCUT2D eigenvalue weighted by Gasteiger charge is -2.23. The average Bonchev–Trinajstić information content (AvgIpc) is 3.07. The van der Waals surface area contributed by atoms with E-state index in [0.717, 1.165) is 18.8 Å². The highest BCUT2D eigenvalue weighted by Crippen LogP contribution is 2.36. The number of aromatic nitrogens is 1. The monoisotopic (exact) mass is 363 g/mol. The first kappa shape index (κ1) is 19.5. The van der Waals surface area contributed by atoms with Crippen LogP contribution in [0.3, 0.4) is 0 Å². The second kappa shape index (κ2) is 8.62. The average molecular weight is 364 g/mol. The van der Waals surface area contributed by atoms with Crippen molar-refractivity contribution in [1.82, 2.24) is 15.6 Å². The molecule has 0 amide bonds. The van der Waals surface area contributed by atoms with Gasteiger partial charge in [0.2, 0.25) is 0 Å². The van der Waals surface area contributed by atoms with Crippen molar-refractivity contribution in [2.75, 3.05) is 20.1 Å². The lowest BCUT2D eigenvalue weighted by Crippen LogP contribution is -2.26. The molecule has 1 fully saturated rings. The van der Waals surface area contributed by atoms with Crippen molar-refractivity contribution >= 4 is 16.5 Å². The number of benzene rings is 1. The number of allylic oxidation sites excluding steroid dienone is 5. The zero-order valence-corrected chi connectivity index (χ0v) is 17.2. The molecule has 0 spiro atoms. The van der Waals surface area contributed by atoms with E-state index in [4.69, 9.17) is 0 Å². The number of piperidine rings is 1. The number of aromatic amines is 1. The van der Waals surface area contributed by atoms with Crippen molar-refractivity contribution in [3.8, 4) is 0 Å². The van der Waals surface area contributed by atoms with Gasteiger partial charge in [0.05, 0.1) is 5.69 Å². The molecule has 0 bridgehead atoms. The Morgan fingerprint density at radius 3 is 2.63 bits per heavy atom. The van der Waals surface area contributed by atoms with Crippen LogP contribution in [0.15, 0.2) is 48.7 Å². The molecule has 1 aromatic carbocycles. The number of nitrogens with one attached hydrogen (secondary N) is 3. The quantitative estimate of drug-likeness (QED) is 0.597. The van der Waals surface area contributed by atoms with Crippen molar-refractivity contribution in [3.63, 3.8) is 0 Å². The Labute approximate surface area is 163 Å². The molecule has 3 N–H and O–H groups in total. The van der Waals surface area contributed by atoms with Crippen LogP contribution in [-0.4, -0.2) is 25.1 Å². The Balaban J connectivity index is 2.14. The van der Waals surface area contributed by atoms with Gasteiger partial charge in [-0.1, -0.05) is 38.6 Å². The first-order chi connectivity index (χ1) is 13.0. The molecule has 0 aliphatic carbocycles. The predicted molar refractivity (Wildman–Crippen MR) is 118 cm³/mol. The summed E-state index contributed by atoms with van der Waals surface area (Å²) in [5.74, 6) is 1.11. The molecule has 1 saturated heterocycles. The van der Waals surface area contributed by atoms with E-state index in [1.54, 1.807) is 0 Å². The largest absolute Gasteiger partial charge is 0.392 e. The van der Waals surface area contributed by atoms with Crippen molar-refractivity contribution in [1.29, 1.82) is 0 Å². The molecular weight excluding hydrogens is 330 g/mol. The molecule has 0 unspecified atom stereocenters. The lowest BCUT2D eigenvalue weighted by molar-refractivity contribution is 0.460. The molecule has 27 heavy (non-hydrogen) atoms. The third kappa shape index (κ3) is 4.19. The highest BCUT2D eigenvalue weighted by molar-refractivity contribution is 5.92. The Bertz CT molecular complexity index is 861. The van der Waals surface area contributed by atoms with Gasteiger partial charge < -0.3 is 15.6 Å². The lowest BCUT2D eigenvalue weighted by atomic mass is 9.88. The minimum atomic E-state index is 0.438. The van der Waals surface area contributed by atoms with Crippen molar-refractivity contribution in [3.05, 3.63) is 65.5 Å². The van der Waals surface area contributed by atoms with Gasteiger partial charge in [0, 0.05) is 23.6 Å². The van der Waals surface area contributed by atoms with Gasteiger partial charge in [-0.25, -0.2) is 0 Å². The molecule has 2 aromatic rings. The Morgan fingerprint density at radius 2 is 2.00 bits per heavy atom. The minimum absolute atomic E-state index is 0.438. The Kier molecular flexibility index (Phi) is 6.22. The van der Waals surface area contributed by atoms with E-state index in [0.29, 0.717) is 11.8 Å². The SMILES string of the molecule is C=C/C=C(\C=C(/C)NC)c1[nH]c2ccc(C3CCNCC3)cc2c1C(C)C. The maximum Gasteiger partial charge on any atom is 0.0500 e. The zero-order valence-electron chi connectivity index (χ0n) is 17.2. The van der Waals surface area contributed by atoms with Gasteiger partial charge in [-0.3, -0.25) is 0 Å². The summed E-state index contributed by atoms with van der Waals surface area (Å²) in [5, 5.41) is 8.06. The van der Waals surface area contributed by atoms with E-state index in [2.05, 4.69) is 73.3 Å². The maximum atomic E-state index is 3.92. The van der Waals surface area contributed by atoms with Crippen LogP contribution in [-0.2, 0) is 0 Å². The molecule has 0 saturated carbocycles. The molecular formula is C24H33N3.